The van der Waals surface area contributed by atoms with Crippen LogP contribution in [0.3, 0.4) is 0 Å². The molecule has 1 heterocycles. The van der Waals surface area contributed by atoms with Crippen LogP contribution in [0.4, 0.5) is 0 Å². The second-order valence-electron chi connectivity index (χ2n) is 2.08. The standard InChI is InChI=1S/C10H8O2/c1-2-3-4-6-9-7-5-8-10(11)12-9/h2-3,5,7-8H,1H3/b3-2+. The predicted octanol–water partition coefficient (Wildman–Crippen LogP) is 1.57. The van der Waals surface area contributed by atoms with Crippen LogP contribution in [-0.4, -0.2) is 0 Å². The fourth-order valence-electron chi connectivity index (χ4n) is 0.654. The SMILES string of the molecule is C/C=C/C#Cc1cccc(=O)o1. The molecule has 0 fully saturated rings. The molecule has 2 nitrogen and oxygen atoms in total. The fraction of sp³-hybridized carbons (Fsp3) is 0.100. The van der Waals surface area contributed by atoms with Gasteiger partial charge in [-0.1, -0.05) is 18.1 Å². The lowest BCUT2D eigenvalue weighted by Crippen LogP contribution is -1.94. The van der Waals surface area contributed by atoms with E-state index in [1.165, 1.54) is 6.07 Å². The van der Waals surface area contributed by atoms with Gasteiger partial charge in [-0.3, -0.25) is 0 Å². The van der Waals surface area contributed by atoms with Crippen molar-refractivity contribution in [2.45, 2.75) is 6.92 Å². The molecule has 0 atom stereocenters. The number of hydrogen-bond donors (Lipinski definition) is 0. The average Bonchev–Trinajstić information content (AvgIpc) is 2.05. The van der Waals surface area contributed by atoms with Gasteiger partial charge < -0.3 is 4.42 Å². The van der Waals surface area contributed by atoms with E-state index in [0.29, 0.717) is 5.76 Å². The van der Waals surface area contributed by atoms with Crippen LogP contribution in [0.15, 0.2) is 39.6 Å². The molecule has 0 N–H and O–H groups in total. The average molecular weight is 160 g/mol. The molecule has 0 amide bonds. The molecule has 1 rings (SSSR count). The van der Waals surface area contributed by atoms with Crippen molar-refractivity contribution in [3.8, 4) is 11.8 Å². The number of rotatable bonds is 0. The summed E-state index contributed by atoms with van der Waals surface area (Å²) < 4.78 is 4.76. The minimum atomic E-state index is -0.373. The summed E-state index contributed by atoms with van der Waals surface area (Å²) in [6, 6.07) is 4.62. The molecule has 0 radical (unpaired) electrons. The minimum Gasteiger partial charge on any atom is -0.414 e. The van der Waals surface area contributed by atoms with Crippen molar-refractivity contribution in [3.63, 3.8) is 0 Å². The molecule has 0 aliphatic rings. The highest BCUT2D eigenvalue weighted by Gasteiger charge is 1.87. The van der Waals surface area contributed by atoms with Crippen LogP contribution in [-0.2, 0) is 0 Å². The van der Waals surface area contributed by atoms with E-state index in [9.17, 15) is 4.79 Å². The second kappa shape index (κ2) is 4.20. The van der Waals surface area contributed by atoms with Crippen molar-refractivity contribution in [1.82, 2.24) is 0 Å². The Labute approximate surface area is 70.5 Å². The van der Waals surface area contributed by atoms with Crippen LogP contribution in [0.25, 0.3) is 0 Å². The van der Waals surface area contributed by atoms with Gasteiger partial charge in [0.05, 0.1) is 0 Å². The molecule has 1 aromatic heterocycles. The Morgan fingerprint density at radius 3 is 3.00 bits per heavy atom. The third-order valence-electron chi connectivity index (χ3n) is 1.14. The van der Waals surface area contributed by atoms with Gasteiger partial charge in [-0.05, 0) is 25.0 Å². The molecule has 2 heteroatoms. The fourth-order valence-corrected chi connectivity index (χ4v) is 0.654. The molecular weight excluding hydrogens is 152 g/mol. The monoisotopic (exact) mass is 160 g/mol. The van der Waals surface area contributed by atoms with Crippen LogP contribution in [0.5, 0.6) is 0 Å². The molecule has 0 unspecified atom stereocenters. The Morgan fingerprint density at radius 1 is 1.50 bits per heavy atom. The summed E-state index contributed by atoms with van der Waals surface area (Å²) in [5, 5.41) is 0. The zero-order valence-corrected chi connectivity index (χ0v) is 6.70. The largest absolute Gasteiger partial charge is 0.414 e. The summed E-state index contributed by atoms with van der Waals surface area (Å²) in [5.74, 6) is 5.79. The van der Waals surface area contributed by atoms with E-state index in [1.807, 2.05) is 13.0 Å². The summed E-state index contributed by atoms with van der Waals surface area (Å²) in [6.07, 6.45) is 3.50. The second-order valence-corrected chi connectivity index (χ2v) is 2.08. The molecule has 12 heavy (non-hydrogen) atoms. The maximum atomic E-state index is 10.7. The van der Waals surface area contributed by atoms with E-state index in [1.54, 1.807) is 18.2 Å². The van der Waals surface area contributed by atoms with Crippen molar-refractivity contribution in [2.75, 3.05) is 0 Å². The maximum Gasteiger partial charge on any atom is 0.336 e. The van der Waals surface area contributed by atoms with E-state index in [2.05, 4.69) is 11.8 Å². The van der Waals surface area contributed by atoms with Gasteiger partial charge in [0.15, 0.2) is 5.76 Å². The van der Waals surface area contributed by atoms with Crippen LogP contribution < -0.4 is 5.63 Å². The third-order valence-corrected chi connectivity index (χ3v) is 1.14. The molecule has 0 aliphatic carbocycles. The molecule has 0 aliphatic heterocycles. The third kappa shape index (κ3) is 2.47. The van der Waals surface area contributed by atoms with Crippen LogP contribution in [0, 0.1) is 11.8 Å². The maximum absolute atomic E-state index is 10.7. The molecule has 0 spiro atoms. The first kappa shape index (κ1) is 8.35. The van der Waals surface area contributed by atoms with Crippen LogP contribution >= 0.6 is 0 Å². The van der Waals surface area contributed by atoms with Crippen molar-refractivity contribution >= 4 is 0 Å². The number of allylic oxidation sites excluding steroid dienone is 2. The van der Waals surface area contributed by atoms with Crippen molar-refractivity contribution in [3.05, 3.63) is 46.5 Å². The summed E-state index contributed by atoms with van der Waals surface area (Å²) in [5.41, 5.74) is -0.373. The minimum absolute atomic E-state index is 0.373. The van der Waals surface area contributed by atoms with E-state index in [4.69, 9.17) is 4.42 Å². The lowest BCUT2D eigenvalue weighted by Gasteiger charge is -1.83. The zero-order valence-electron chi connectivity index (χ0n) is 6.70. The van der Waals surface area contributed by atoms with Gasteiger partial charge in [0.2, 0.25) is 0 Å². The summed E-state index contributed by atoms with van der Waals surface area (Å²) in [7, 11) is 0. The van der Waals surface area contributed by atoms with Crippen LogP contribution in [0.2, 0.25) is 0 Å². The van der Waals surface area contributed by atoms with E-state index >= 15 is 0 Å². The Morgan fingerprint density at radius 2 is 2.33 bits per heavy atom. The highest BCUT2D eigenvalue weighted by Crippen LogP contribution is 1.89. The van der Waals surface area contributed by atoms with Gasteiger partial charge in [0.1, 0.15) is 0 Å². The van der Waals surface area contributed by atoms with Gasteiger partial charge in [-0.15, -0.1) is 0 Å². The summed E-state index contributed by atoms with van der Waals surface area (Å²) in [4.78, 5) is 10.7. The Hall–Kier alpha value is -1.75. The Balaban J connectivity index is 2.92. The molecule has 1 aromatic rings. The lowest BCUT2D eigenvalue weighted by molar-refractivity contribution is 0.499. The highest BCUT2D eigenvalue weighted by molar-refractivity contribution is 5.28. The molecule has 0 aromatic carbocycles. The van der Waals surface area contributed by atoms with Gasteiger partial charge in [0, 0.05) is 6.07 Å². The first-order valence-corrected chi connectivity index (χ1v) is 3.56. The van der Waals surface area contributed by atoms with Crippen LogP contribution in [0.1, 0.15) is 12.7 Å². The quantitative estimate of drug-likeness (QED) is 0.539. The lowest BCUT2D eigenvalue weighted by atomic mass is 10.4. The molecule has 0 saturated carbocycles. The van der Waals surface area contributed by atoms with Crippen molar-refractivity contribution in [1.29, 1.82) is 0 Å². The van der Waals surface area contributed by atoms with Crippen molar-refractivity contribution < 1.29 is 4.42 Å². The first-order chi connectivity index (χ1) is 5.83. The zero-order chi connectivity index (χ0) is 8.81. The highest BCUT2D eigenvalue weighted by atomic mass is 16.4. The Kier molecular flexibility index (Phi) is 2.92. The first-order valence-electron chi connectivity index (χ1n) is 3.56. The molecule has 0 saturated heterocycles. The van der Waals surface area contributed by atoms with Gasteiger partial charge in [-0.2, -0.15) is 0 Å². The Bertz CT molecular complexity index is 388. The summed E-state index contributed by atoms with van der Waals surface area (Å²) in [6.45, 7) is 1.87. The van der Waals surface area contributed by atoms with Gasteiger partial charge in [0.25, 0.3) is 0 Å². The number of hydrogen-bond acceptors (Lipinski definition) is 2. The van der Waals surface area contributed by atoms with Gasteiger partial charge in [-0.25, -0.2) is 4.79 Å². The molecule has 0 bridgehead atoms. The summed E-state index contributed by atoms with van der Waals surface area (Å²) >= 11 is 0. The molecular formula is C10H8O2. The smallest absolute Gasteiger partial charge is 0.336 e. The predicted molar refractivity (Wildman–Crippen MR) is 46.7 cm³/mol. The van der Waals surface area contributed by atoms with E-state index < -0.39 is 0 Å². The van der Waals surface area contributed by atoms with Crippen molar-refractivity contribution in [2.24, 2.45) is 0 Å². The topological polar surface area (TPSA) is 30.2 Å². The van der Waals surface area contributed by atoms with Gasteiger partial charge >= 0.3 is 5.63 Å². The molecule has 60 valence electrons. The normalized spacial score (nSPS) is 9.42. The van der Waals surface area contributed by atoms with E-state index in [-0.39, 0.29) is 5.63 Å². The van der Waals surface area contributed by atoms with E-state index in [0.717, 1.165) is 0 Å².